The van der Waals surface area contributed by atoms with Crippen LogP contribution in [0.5, 0.6) is 0 Å². The van der Waals surface area contributed by atoms with Gasteiger partial charge in [0.2, 0.25) is 0 Å². The third-order valence-electron chi connectivity index (χ3n) is 2.10. The Bertz CT molecular complexity index is 395. The second-order valence-corrected chi connectivity index (χ2v) is 3.05. The number of aromatic nitrogens is 1. The summed E-state index contributed by atoms with van der Waals surface area (Å²) in [5.41, 5.74) is 7.73. The van der Waals surface area contributed by atoms with E-state index in [-0.39, 0.29) is 0 Å². The lowest BCUT2D eigenvalue weighted by Crippen LogP contribution is -2.04. The van der Waals surface area contributed by atoms with E-state index >= 15 is 0 Å². The van der Waals surface area contributed by atoms with Crippen molar-refractivity contribution >= 4 is 0 Å². The minimum atomic E-state index is 0.624. The molecule has 14 heavy (non-hydrogen) atoms. The molecular weight excluding hydrogens is 176 g/mol. The van der Waals surface area contributed by atoms with Crippen LogP contribution >= 0.6 is 0 Å². The molecule has 0 spiro atoms. The van der Waals surface area contributed by atoms with E-state index in [0.717, 1.165) is 23.3 Å². The van der Waals surface area contributed by atoms with Crippen LogP contribution in [0.15, 0.2) is 41.3 Å². The molecule has 0 aliphatic carbocycles. The van der Waals surface area contributed by atoms with Crippen molar-refractivity contribution in [1.29, 1.82) is 0 Å². The molecule has 2 aromatic rings. The largest absolute Gasteiger partial charge is 0.464 e. The highest BCUT2D eigenvalue weighted by atomic mass is 16.3. The molecule has 2 aromatic heterocycles. The molecule has 72 valence electrons. The molecule has 0 fully saturated rings. The van der Waals surface area contributed by atoms with Crippen LogP contribution in [-0.2, 0) is 6.42 Å². The smallest absolute Gasteiger partial charge is 0.134 e. The molecule has 0 unspecified atom stereocenters. The Morgan fingerprint density at radius 3 is 3.00 bits per heavy atom. The van der Waals surface area contributed by atoms with Crippen molar-refractivity contribution in [2.24, 2.45) is 5.73 Å². The number of hydrogen-bond acceptors (Lipinski definition) is 3. The quantitative estimate of drug-likeness (QED) is 0.799. The van der Waals surface area contributed by atoms with Crippen LogP contribution in [0.2, 0.25) is 0 Å². The third kappa shape index (κ3) is 1.67. The zero-order valence-electron chi connectivity index (χ0n) is 7.81. The number of nitrogens with two attached hydrogens (primary N) is 1. The first kappa shape index (κ1) is 8.97. The van der Waals surface area contributed by atoms with E-state index in [1.165, 1.54) is 0 Å². The van der Waals surface area contributed by atoms with Crippen LogP contribution in [0.4, 0.5) is 0 Å². The highest BCUT2D eigenvalue weighted by Gasteiger charge is 2.05. The third-order valence-corrected chi connectivity index (χ3v) is 2.10. The molecular formula is C11H12N2O. The van der Waals surface area contributed by atoms with E-state index in [1.807, 2.05) is 24.4 Å². The Balaban J connectivity index is 2.42. The first-order chi connectivity index (χ1) is 6.92. The van der Waals surface area contributed by atoms with Crippen molar-refractivity contribution in [2.75, 3.05) is 6.54 Å². The van der Waals surface area contributed by atoms with E-state index in [4.69, 9.17) is 10.2 Å². The number of hydrogen-bond donors (Lipinski definition) is 1. The highest BCUT2D eigenvalue weighted by molar-refractivity contribution is 5.61. The van der Waals surface area contributed by atoms with Gasteiger partial charge in [0.05, 0.1) is 6.26 Å². The van der Waals surface area contributed by atoms with Crippen molar-refractivity contribution in [3.8, 4) is 11.3 Å². The molecule has 0 aliphatic heterocycles. The number of pyridine rings is 1. The minimum absolute atomic E-state index is 0.624. The molecule has 0 aromatic carbocycles. The van der Waals surface area contributed by atoms with E-state index in [1.54, 1.807) is 12.5 Å². The lowest BCUT2D eigenvalue weighted by Gasteiger charge is -2.04. The molecule has 2 heterocycles. The summed E-state index contributed by atoms with van der Waals surface area (Å²) in [5, 5.41) is 0. The SMILES string of the molecule is NCCc1cnccc1-c1ccco1. The maximum absolute atomic E-state index is 5.52. The Morgan fingerprint density at radius 2 is 2.29 bits per heavy atom. The maximum atomic E-state index is 5.52. The van der Waals surface area contributed by atoms with Crippen LogP contribution in [-0.4, -0.2) is 11.5 Å². The molecule has 0 saturated carbocycles. The van der Waals surface area contributed by atoms with Gasteiger partial charge < -0.3 is 10.2 Å². The van der Waals surface area contributed by atoms with E-state index in [0.29, 0.717) is 6.54 Å². The van der Waals surface area contributed by atoms with E-state index < -0.39 is 0 Å². The van der Waals surface area contributed by atoms with Gasteiger partial charge in [-0.1, -0.05) is 0 Å². The molecule has 0 atom stereocenters. The van der Waals surface area contributed by atoms with Crippen molar-refractivity contribution < 1.29 is 4.42 Å². The summed E-state index contributed by atoms with van der Waals surface area (Å²) in [6, 6.07) is 5.77. The van der Waals surface area contributed by atoms with Gasteiger partial charge in [-0.05, 0) is 36.7 Å². The van der Waals surface area contributed by atoms with Crippen LogP contribution in [0, 0.1) is 0 Å². The fourth-order valence-electron chi connectivity index (χ4n) is 1.45. The van der Waals surface area contributed by atoms with Gasteiger partial charge in [-0.3, -0.25) is 4.98 Å². The molecule has 0 amide bonds. The van der Waals surface area contributed by atoms with Gasteiger partial charge >= 0.3 is 0 Å². The Kier molecular flexibility index (Phi) is 2.60. The van der Waals surface area contributed by atoms with Crippen LogP contribution in [0.1, 0.15) is 5.56 Å². The molecule has 3 heteroatoms. The molecule has 0 saturated heterocycles. The summed E-state index contributed by atoms with van der Waals surface area (Å²) in [4.78, 5) is 4.08. The minimum Gasteiger partial charge on any atom is -0.464 e. The molecule has 2 rings (SSSR count). The summed E-state index contributed by atoms with van der Waals surface area (Å²) in [7, 11) is 0. The zero-order valence-corrected chi connectivity index (χ0v) is 7.81. The van der Waals surface area contributed by atoms with Crippen molar-refractivity contribution in [3.05, 3.63) is 42.4 Å². The van der Waals surface area contributed by atoms with E-state index in [2.05, 4.69) is 4.98 Å². The highest BCUT2D eigenvalue weighted by Crippen LogP contribution is 2.23. The normalized spacial score (nSPS) is 10.4. The van der Waals surface area contributed by atoms with Crippen molar-refractivity contribution in [3.63, 3.8) is 0 Å². The first-order valence-corrected chi connectivity index (χ1v) is 4.58. The van der Waals surface area contributed by atoms with Gasteiger partial charge in [-0.2, -0.15) is 0 Å². The van der Waals surface area contributed by atoms with Crippen molar-refractivity contribution in [1.82, 2.24) is 4.98 Å². The average molecular weight is 188 g/mol. The summed E-state index contributed by atoms with van der Waals surface area (Å²) in [6.45, 7) is 0.624. The Hall–Kier alpha value is -1.61. The maximum Gasteiger partial charge on any atom is 0.134 e. The Morgan fingerprint density at radius 1 is 1.36 bits per heavy atom. The van der Waals surface area contributed by atoms with Crippen LogP contribution in [0.25, 0.3) is 11.3 Å². The molecule has 0 bridgehead atoms. The lowest BCUT2D eigenvalue weighted by molar-refractivity contribution is 0.581. The summed E-state index contributed by atoms with van der Waals surface area (Å²) in [5.74, 6) is 0.871. The summed E-state index contributed by atoms with van der Waals surface area (Å²) >= 11 is 0. The van der Waals surface area contributed by atoms with Gasteiger partial charge in [-0.15, -0.1) is 0 Å². The van der Waals surface area contributed by atoms with Gasteiger partial charge in [0.25, 0.3) is 0 Å². The molecule has 3 nitrogen and oxygen atoms in total. The number of nitrogens with zero attached hydrogens (tertiary/aromatic N) is 1. The zero-order chi connectivity index (χ0) is 9.80. The van der Waals surface area contributed by atoms with Crippen molar-refractivity contribution in [2.45, 2.75) is 6.42 Å². The van der Waals surface area contributed by atoms with Gasteiger partial charge in [0, 0.05) is 18.0 Å². The molecule has 2 N–H and O–H groups in total. The van der Waals surface area contributed by atoms with Gasteiger partial charge in [0.1, 0.15) is 5.76 Å². The first-order valence-electron chi connectivity index (χ1n) is 4.58. The fraction of sp³-hybridized carbons (Fsp3) is 0.182. The van der Waals surface area contributed by atoms with Crippen LogP contribution in [0.3, 0.4) is 0 Å². The Labute approximate surface area is 82.6 Å². The van der Waals surface area contributed by atoms with E-state index in [9.17, 15) is 0 Å². The number of rotatable bonds is 3. The lowest BCUT2D eigenvalue weighted by atomic mass is 10.1. The molecule has 0 aliphatic rings. The van der Waals surface area contributed by atoms with Crippen LogP contribution < -0.4 is 5.73 Å². The standard InChI is InChI=1S/C11H12N2O/c12-5-3-9-8-13-6-4-10(9)11-2-1-7-14-11/h1-2,4,6-8H,3,5,12H2. The topological polar surface area (TPSA) is 52.0 Å². The summed E-state index contributed by atoms with van der Waals surface area (Å²) in [6.07, 6.45) is 6.09. The second-order valence-electron chi connectivity index (χ2n) is 3.05. The summed E-state index contributed by atoms with van der Waals surface area (Å²) < 4.78 is 5.34. The number of furan rings is 1. The molecule has 0 radical (unpaired) electrons. The second kappa shape index (κ2) is 4.07. The predicted molar refractivity (Wildman–Crippen MR) is 54.7 cm³/mol. The predicted octanol–water partition coefficient (Wildman–Crippen LogP) is 1.84. The fourth-order valence-corrected chi connectivity index (χ4v) is 1.45. The van der Waals surface area contributed by atoms with Gasteiger partial charge in [0.15, 0.2) is 0 Å². The average Bonchev–Trinajstić information content (AvgIpc) is 2.72. The monoisotopic (exact) mass is 188 g/mol. The van der Waals surface area contributed by atoms with Gasteiger partial charge in [-0.25, -0.2) is 0 Å².